The minimum Gasteiger partial charge on any atom is -0.405 e. The average Bonchev–Trinajstić information content (AvgIpc) is 2.88. The minimum absolute atomic E-state index is 0.0153. The van der Waals surface area contributed by atoms with Gasteiger partial charge in [0.1, 0.15) is 5.75 Å². The van der Waals surface area contributed by atoms with E-state index in [1.807, 2.05) is 0 Å². The standard InChI is InChI=1S/C17H23F3N2O3/c1-24-11-10-21-9-8-14-6-7-16(23)22(14)12-13-4-2-3-5-15(13)25-17(18,19)20/h2-5,14,21H,6-12H2,1H3/t14-/m0/s1. The number of halogens is 3. The van der Waals surface area contributed by atoms with Crippen molar-refractivity contribution in [2.45, 2.75) is 38.2 Å². The van der Waals surface area contributed by atoms with Crippen molar-refractivity contribution in [3.8, 4) is 5.75 Å². The lowest BCUT2D eigenvalue weighted by atomic mass is 10.1. The minimum atomic E-state index is -4.75. The highest BCUT2D eigenvalue weighted by Gasteiger charge is 2.34. The molecule has 2 rings (SSSR count). The van der Waals surface area contributed by atoms with Crippen LogP contribution in [-0.2, 0) is 16.1 Å². The van der Waals surface area contributed by atoms with Crippen LogP contribution in [0.15, 0.2) is 24.3 Å². The third-order valence-electron chi connectivity index (χ3n) is 4.13. The maximum absolute atomic E-state index is 12.5. The Balaban J connectivity index is 1.98. The summed E-state index contributed by atoms with van der Waals surface area (Å²) in [5.41, 5.74) is 0.354. The van der Waals surface area contributed by atoms with Gasteiger partial charge in [0.05, 0.1) is 6.61 Å². The summed E-state index contributed by atoms with van der Waals surface area (Å²) in [6, 6.07) is 5.96. The Kier molecular flexibility index (Phi) is 7.07. The van der Waals surface area contributed by atoms with E-state index in [-0.39, 0.29) is 24.2 Å². The fraction of sp³-hybridized carbons (Fsp3) is 0.588. The molecule has 1 aromatic rings. The summed E-state index contributed by atoms with van der Waals surface area (Å²) >= 11 is 0. The number of likely N-dealkylation sites (tertiary alicyclic amines) is 1. The lowest BCUT2D eigenvalue weighted by Crippen LogP contribution is -2.35. The molecule has 1 heterocycles. The molecule has 1 fully saturated rings. The van der Waals surface area contributed by atoms with Crippen molar-refractivity contribution in [2.75, 3.05) is 26.8 Å². The smallest absolute Gasteiger partial charge is 0.405 e. The maximum Gasteiger partial charge on any atom is 0.573 e. The molecule has 1 saturated heterocycles. The van der Waals surface area contributed by atoms with Gasteiger partial charge in [-0.25, -0.2) is 0 Å². The second-order valence-corrected chi connectivity index (χ2v) is 5.90. The van der Waals surface area contributed by atoms with Gasteiger partial charge in [-0.05, 0) is 25.5 Å². The molecule has 0 saturated carbocycles. The molecule has 0 spiro atoms. The Morgan fingerprint density at radius 3 is 2.76 bits per heavy atom. The number of amides is 1. The summed E-state index contributed by atoms with van der Waals surface area (Å²) in [5.74, 6) is -0.296. The topological polar surface area (TPSA) is 50.8 Å². The molecule has 1 atom stereocenters. The molecule has 1 amide bonds. The molecule has 0 bridgehead atoms. The van der Waals surface area contributed by atoms with Gasteiger partial charge >= 0.3 is 6.36 Å². The number of methoxy groups -OCH3 is 1. The molecule has 0 radical (unpaired) electrons. The zero-order chi connectivity index (χ0) is 18.3. The fourth-order valence-electron chi connectivity index (χ4n) is 2.92. The van der Waals surface area contributed by atoms with E-state index >= 15 is 0 Å². The van der Waals surface area contributed by atoms with E-state index in [0.29, 0.717) is 25.0 Å². The van der Waals surface area contributed by atoms with Crippen molar-refractivity contribution < 1.29 is 27.4 Å². The molecule has 0 aromatic heterocycles. The van der Waals surface area contributed by atoms with E-state index in [2.05, 4.69) is 10.1 Å². The molecule has 25 heavy (non-hydrogen) atoms. The van der Waals surface area contributed by atoms with Crippen molar-refractivity contribution in [3.05, 3.63) is 29.8 Å². The maximum atomic E-state index is 12.5. The van der Waals surface area contributed by atoms with Gasteiger partial charge < -0.3 is 19.7 Å². The van der Waals surface area contributed by atoms with Gasteiger partial charge in [-0.3, -0.25) is 4.79 Å². The summed E-state index contributed by atoms with van der Waals surface area (Å²) in [5, 5.41) is 3.22. The highest BCUT2D eigenvalue weighted by atomic mass is 19.4. The van der Waals surface area contributed by atoms with Crippen molar-refractivity contribution in [1.29, 1.82) is 0 Å². The van der Waals surface area contributed by atoms with Gasteiger partial charge in [0.15, 0.2) is 0 Å². The number of nitrogens with one attached hydrogen (secondary N) is 1. The summed E-state index contributed by atoms with van der Waals surface area (Å²) in [7, 11) is 1.62. The molecular weight excluding hydrogens is 337 g/mol. The van der Waals surface area contributed by atoms with Gasteiger partial charge in [0.2, 0.25) is 5.91 Å². The number of rotatable bonds is 9. The molecule has 1 aliphatic rings. The quantitative estimate of drug-likeness (QED) is 0.688. The van der Waals surface area contributed by atoms with Crippen molar-refractivity contribution in [1.82, 2.24) is 10.2 Å². The zero-order valence-corrected chi connectivity index (χ0v) is 14.1. The first-order valence-electron chi connectivity index (χ1n) is 8.23. The van der Waals surface area contributed by atoms with Crippen LogP contribution in [0, 0.1) is 0 Å². The molecule has 0 unspecified atom stereocenters. The number of ether oxygens (including phenoxy) is 2. The van der Waals surface area contributed by atoms with Crippen molar-refractivity contribution in [3.63, 3.8) is 0 Å². The molecule has 1 aliphatic heterocycles. The van der Waals surface area contributed by atoms with Crippen LogP contribution < -0.4 is 10.1 Å². The van der Waals surface area contributed by atoms with Crippen LogP contribution >= 0.6 is 0 Å². The van der Waals surface area contributed by atoms with E-state index in [4.69, 9.17) is 4.74 Å². The highest BCUT2D eigenvalue weighted by molar-refractivity contribution is 5.78. The van der Waals surface area contributed by atoms with Crippen LogP contribution in [0.1, 0.15) is 24.8 Å². The van der Waals surface area contributed by atoms with Crippen LogP contribution in [-0.4, -0.2) is 50.0 Å². The fourth-order valence-corrected chi connectivity index (χ4v) is 2.92. The third-order valence-corrected chi connectivity index (χ3v) is 4.13. The SMILES string of the molecule is COCCNCC[C@@H]1CCC(=O)N1Cc1ccccc1OC(F)(F)F. The van der Waals surface area contributed by atoms with E-state index < -0.39 is 6.36 Å². The largest absolute Gasteiger partial charge is 0.573 e. The Bertz CT molecular complexity index is 566. The number of benzene rings is 1. The Labute approximate surface area is 145 Å². The molecule has 1 N–H and O–H groups in total. The molecule has 8 heteroatoms. The van der Waals surface area contributed by atoms with Gasteiger partial charge in [0.25, 0.3) is 0 Å². The zero-order valence-electron chi connectivity index (χ0n) is 14.1. The van der Waals surface area contributed by atoms with Gasteiger partial charge in [-0.1, -0.05) is 18.2 Å². The Morgan fingerprint density at radius 1 is 1.28 bits per heavy atom. The van der Waals surface area contributed by atoms with Crippen molar-refractivity contribution >= 4 is 5.91 Å². The van der Waals surface area contributed by atoms with Crippen LogP contribution in [0.4, 0.5) is 13.2 Å². The molecule has 0 aliphatic carbocycles. The van der Waals surface area contributed by atoms with E-state index in [1.54, 1.807) is 24.1 Å². The normalized spacial score (nSPS) is 18.0. The Morgan fingerprint density at radius 2 is 2.04 bits per heavy atom. The number of carbonyl (C=O) groups is 1. The third kappa shape index (κ3) is 6.21. The molecule has 5 nitrogen and oxygen atoms in total. The lowest BCUT2D eigenvalue weighted by Gasteiger charge is -2.26. The summed E-state index contributed by atoms with van der Waals surface area (Å²) < 4.78 is 46.6. The van der Waals surface area contributed by atoms with Crippen LogP contribution in [0.5, 0.6) is 5.75 Å². The van der Waals surface area contributed by atoms with Gasteiger partial charge in [-0.15, -0.1) is 13.2 Å². The highest BCUT2D eigenvalue weighted by Crippen LogP contribution is 2.30. The van der Waals surface area contributed by atoms with E-state index in [0.717, 1.165) is 19.5 Å². The van der Waals surface area contributed by atoms with Crippen LogP contribution in [0.3, 0.4) is 0 Å². The first-order chi connectivity index (χ1) is 11.9. The monoisotopic (exact) mass is 360 g/mol. The van der Waals surface area contributed by atoms with E-state index in [1.165, 1.54) is 12.1 Å². The molecule has 140 valence electrons. The number of alkyl halides is 3. The molecular formula is C17H23F3N2O3. The Hall–Kier alpha value is -1.80. The predicted molar refractivity (Wildman–Crippen MR) is 86.1 cm³/mol. The summed E-state index contributed by atoms with van der Waals surface area (Å²) in [6.07, 6.45) is -2.87. The number of para-hydroxylation sites is 1. The first-order valence-corrected chi connectivity index (χ1v) is 8.23. The summed E-state index contributed by atoms with van der Waals surface area (Å²) in [6.45, 7) is 2.17. The first kappa shape index (κ1) is 19.5. The van der Waals surface area contributed by atoms with E-state index in [9.17, 15) is 18.0 Å². The average molecular weight is 360 g/mol. The number of carbonyl (C=O) groups excluding carboxylic acids is 1. The van der Waals surface area contributed by atoms with Crippen molar-refractivity contribution in [2.24, 2.45) is 0 Å². The number of nitrogens with zero attached hydrogens (tertiary/aromatic N) is 1. The van der Waals surface area contributed by atoms with Gasteiger partial charge in [0, 0.05) is 38.2 Å². The van der Waals surface area contributed by atoms with Crippen LogP contribution in [0.25, 0.3) is 0 Å². The second-order valence-electron chi connectivity index (χ2n) is 5.90. The molecule has 1 aromatic carbocycles. The van der Waals surface area contributed by atoms with Gasteiger partial charge in [-0.2, -0.15) is 0 Å². The number of hydrogen-bond acceptors (Lipinski definition) is 4. The summed E-state index contributed by atoms with van der Waals surface area (Å²) in [4.78, 5) is 13.8. The predicted octanol–water partition coefficient (Wildman–Crippen LogP) is 2.70. The number of hydrogen-bond donors (Lipinski definition) is 1. The van der Waals surface area contributed by atoms with Crippen LogP contribution in [0.2, 0.25) is 0 Å². The lowest BCUT2D eigenvalue weighted by molar-refractivity contribution is -0.275. The second kappa shape index (κ2) is 9.05.